The molecule has 0 saturated carbocycles. The molecular weight excluding hydrogens is 671 g/mol. The number of unbranched alkanes of at least 4 members (excludes halogenated alkanes) is 22. The first kappa shape index (κ1) is 51.0. The molecule has 0 fully saturated rings. The average Bonchev–Trinajstić information content (AvgIpc) is 3.09. The minimum atomic E-state index is -4.56. The molecule has 0 aromatic carbocycles. The second kappa shape index (κ2) is 35.7. The molecular formula is C43H85N2O6P. The minimum Gasteiger partial charge on any atom is -0.756 e. The Morgan fingerprint density at radius 3 is 1.63 bits per heavy atom. The van der Waals surface area contributed by atoms with Gasteiger partial charge in [-0.15, -0.1) is 0 Å². The number of nitrogens with zero attached hydrogens (tertiary/aromatic N) is 1. The van der Waals surface area contributed by atoms with Gasteiger partial charge in [-0.05, 0) is 44.9 Å². The van der Waals surface area contributed by atoms with Crippen molar-refractivity contribution >= 4 is 13.7 Å². The van der Waals surface area contributed by atoms with Gasteiger partial charge in [-0.2, -0.15) is 0 Å². The van der Waals surface area contributed by atoms with E-state index in [0.29, 0.717) is 23.9 Å². The number of hydrogen-bond donors (Lipinski definition) is 2. The van der Waals surface area contributed by atoms with Crippen molar-refractivity contribution in [3.05, 3.63) is 24.3 Å². The van der Waals surface area contributed by atoms with Gasteiger partial charge in [0.25, 0.3) is 7.82 Å². The van der Waals surface area contributed by atoms with Crippen LogP contribution in [-0.2, 0) is 18.4 Å². The number of aliphatic hydroxyl groups excluding tert-OH is 1. The van der Waals surface area contributed by atoms with Crippen molar-refractivity contribution in [3.63, 3.8) is 0 Å². The summed E-state index contributed by atoms with van der Waals surface area (Å²) < 4.78 is 23.2. The number of carbonyl (C=O) groups excluding carboxylic acids is 1. The smallest absolute Gasteiger partial charge is 0.268 e. The van der Waals surface area contributed by atoms with E-state index in [2.05, 4.69) is 43.5 Å². The first-order valence-corrected chi connectivity index (χ1v) is 23.1. The van der Waals surface area contributed by atoms with E-state index in [0.717, 1.165) is 64.2 Å². The highest BCUT2D eigenvalue weighted by atomic mass is 31.2. The summed E-state index contributed by atoms with van der Waals surface area (Å²) in [5, 5.41) is 13.9. The summed E-state index contributed by atoms with van der Waals surface area (Å²) in [5.74, 6) is -0.179. The average molecular weight is 757 g/mol. The first-order chi connectivity index (χ1) is 25.0. The minimum absolute atomic E-state index is 0.00973. The zero-order valence-corrected chi connectivity index (χ0v) is 35.7. The molecule has 0 aliphatic carbocycles. The second-order valence-corrected chi connectivity index (χ2v) is 17.5. The Morgan fingerprint density at radius 1 is 0.673 bits per heavy atom. The van der Waals surface area contributed by atoms with Gasteiger partial charge in [0, 0.05) is 6.42 Å². The first-order valence-electron chi connectivity index (χ1n) is 21.7. The maximum atomic E-state index is 12.8. The molecule has 3 atom stereocenters. The van der Waals surface area contributed by atoms with Crippen molar-refractivity contribution in [2.24, 2.45) is 0 Å². The van der Waals surface area contributed by atoms with Gasteiger partial charge in [-0.1, -0.05) is 167 Å². The summed E-state index contributed by atoms with van der Waals surface area (Å²) in [6.45, 7) is 4.68. The van der Waals surface area contributed by atoms with Gasteiger partial charge < -0.3 is 28.8 Å². The third-order valence-electron chi connectivity index (χ3n) is 9.69. The van der Waals surface area contributed by atoms with Gasteiger partial charge in [-0.3, -0.25) is 9.36 Å². The van der Waals surface area contributed by atoms with E-state index in [1.165, 1.54) is 103 Å². The van der Waals surface area contributed by atoms with Crippen LogP contribution in [0.1, 0.15) is 194 Å². The maximum Gasteiger partial charge on any atom is 0.268 e. The summed E-state index contributed by atoms with van der Waals surface area (Å²) in [6, 6.07) is -0.804. The Hall–Kier alpha value is -1.02. The molecule has 1 amide bonds. The molecule has 0 aromatic heterocycles. The van der Waals surface area contributed by atoms with Crippen molar-refractivity contribution in [2.45, 2.75) is 206 Å². The van der Waals surface area contributed by atoms with Crippen LogP contribution in [0.2, 0.25) is 0 Å². The van der Waals surface area contributed by atoms with Gasteiger partial charge in [0.1, 0.15) is 13.2 Å². The highest BCUT2D eigenvalue weighted by Gasteiger charge is 2.24. The predicted molar refractivity (Wildman–Crippen MR) is 219 cm³/mol. The number of quaternary nitrogens is 1. The largest absolute Gasteiger partial charge is 0.756 e. The van der Waals surface area contributed by atoms with Crippen molar-refractivity contribution in [3.8, 4) is 0 Å². The standard InChI is InChI=1S/C43H85N2O6P/c1-6-8-10-12-14-16-18-20-22-24-26-28-30-32-34-36-42(46)41(40-51-52(48,49)50-39-38-45(3,4)5)44-43(47)37-35-33-31-29-27-25-23-21-19-17-15-13-11-9-7-2/h15,17,21,23,41-42,46H,6-14,16,18-20,22,24-40H2,1-5H3,(H-,44,47,48,49)/b17-15+,23-21+/t41-,42+/m0/s1. The molecule has 0 rings (SSSR count). The molecule has 8 nitrogen and oxygen atoms in total. The zero-order valence-electron chi connectivity index (χ0n) is 34.8. The van der Waals surface area contributed by atoms with E-state index in [1.54, 1.807) is 0 Å². The van der Waals surface area contributed by atoms with Crippen LogP contribution in [0.15, 0.2) is 24.3 Å². The lowest BCUT2D eigenvalue weighted by Gasteiger charge is -2.30. The number of aliphatic hydroxyl groups is 1. The lowest BCUT2D eigenvalue weighted by molar-refractivity contribution is -0.870. The summed E-state index contributed by atoms with van der Waals surface area (Å²) >= 11 is 0. The summed E-state index contributed by atoms with van der Waals surface area (Å²) in [6.07, 6.45) is 40.3. The number of rotatable bonds is 39. The lowest BCUT2D eigenvalue weighted by atomic mass is 10.0. The molecule has 0 saturated heterocycles. The van der Waals surface area contributed by atoms with Gasteiger partial charge in [0.15, 0.2) is 0 Å². The molecule has 52 heavy (non-hydrogen) atoms. The van der Waals surface area contributed by atoms with Gasteiger partial charge >= 0.3 is 0 Å². The van der Waals surface area contributed by atoms with Crippen molar-refractivity contribution in [2.75, 3.05) is 40.9 Å². The molecule has 1 unspecified atom stereocenters. The van der Waals surface area contributed by atoms with E-state index in [-0.39, 0.29) is 19.1 Å². The highest BCUT2D eigenvalue weighted by molar-refractivity contribution is 7.45. The SMILES string of the molecule is CCCCC/C=C/C/C=C/CCCCCCCC(=O)N[C@@H](COP(=O)([O-])OCC[N+](C)(C)C)[C@H](O)CCCCCCCCCCCCCCCCC. The number of nitrogens with one attached hydrogen (secondary N) is 1. The number of allylic oxidation sites excluding steroid dienone is 4. The van der Waals surface area contributed by atoms with Crippen molar-refractivity contribution in [1.29, 1.82) is 0 Å². The monoisotopic (exact) mass is 757 g/mol. The third kappa shape index (κ3) is 37.3. The Labute approximate surface area is 322 Å². The number of amides is 1. The van der Waals surface area contributed by atoms with Crippen LogP contribution in [0.25, 0.3) is 0 Å². The fraction of sp³-hybridized carbons (Fsp3) is 0.884. The number of hydrogen-bond acceptors (Lipinski definition) is 6. The van der Waals surface area contributed by atoms with Crippen LogP contribution >= 0.6 is 7.82 Å². The molecule has 308 valence electrons. The third-order valence-corrected chi connectivity index (χ3v) is 10.7. The fourth-order valence-corrected chi connectivity index (χ4v) is 6.91. The molecule has 0 aliphatic heterocycles. The van der Waals surface area contributed by atoms with Crippen LogP contribution < -0.4 is 10.2 Å². The van der Waals surface area contributed by atoms with Crippen LogP contribution in [0.3, 0.4) is 0 Å². The van der Waals surface area contributed by atoms with E-state index >= 15 is 0 Å². The number of carbonyl (C=O) groups is 1. The highest BCUT2D eigenvalue weighted by Crippen LogP contribution is 2.38. The van der Waals surface area contributed by atoms with Crippen LogP contribution in [0, 0.1) is 0 Å². The Balaban J connectivity index is 4.41. The Bertz CT molecular complexity index is 907. The van der Waals surface area contributed by atoms with Crippen molar-refractivity contribution < 1.29 is 32.9 Å². The summed E-state index contributed by atoms with van der Waals surface area (Å²) in [5.41, 5.74) is 0. The number of phosphoric acid groups is 1. The summed E-state index contributed by atoms with van der Waals surface area (Å²) in [4.78, 5) is 25.3. The number of phosphoric ester groups is 1. The van der Waals surface area contributed by atoms with E-state index in [9.17, 15) is 19.4 Å². The maximum absolute atomic E-state index is 12.8. The lowest BCUT2D eigenvalue weighted by Crippen LogP contribution is -2.46. The quantitative estimate of drug-likeness (QED) is 0.0280. The van der Waals surface area contributed by atoms with Crippen LogP contribution in [-0.4, -0.2) is 68.5 Å². The molecule has 0 radical (unpaired) electrons. The van der Waals surface area contributed by atoms with E-state index in [4.69, 9.17) is 9.05 Å². The molecule has 9 heteroatoms. The van der Waals surface area contributed by atoms with Crippen molar-refractivity contribution in [1.82, 2.24) is 5.32 Å². The Morgan fingerprint density at radius 2 is 1.12 bits per heavy atom. The molecule has 0 bridgehead atoms. The fourth-order valence-electron chi connectivity index (χ4n) is 6.19. The normalized spacial score (nSPS) is 14.7. The van der Waals surface area contributed by atoms with Gasteiger partial charge in [0.2, 0.25) is 5.91 Å². The van der Waals surface area contributed by atoms with Gasteiger partial charge in [-0.25, -0.2) is 0 Å². The van der Waals surface area contributed by atoms with Crippen LogP contribution in [0.4, 0.5) is 0 Å². The van der Waals surface area contributed by atoms with E-state index < -0.39 is 20.0 Å². The van der Waals surface area contributed by atoms with Gasteiger partial charge in [0.05, 0.1) is 39.9 Å². The second-order valence-electron chi connectivity index (χ2n) is 16.1. The molecule has 2 N–H and O–H groups in total. The molecule has 0 spiro atoms. The Kier molecular flexibility index (Phi) is 35.0. The topological polar surface area (TPSA) is 108 Å². The summed E-state index contributed by atoms with van der Waals surface area (Å²) in [7, 11) is 1.29. The molecule has 0 aliphatic rings. The van der Waals surface area contributed by atoms with E-state index in [1.807, 2.05) is 21.1 Å². The predicted octanol–water partition coefficient (Wildman–Crippen LogP) is 11.1. The number of likely N-dealkylation sites (N-methyl/N-ethyl adjacent to an activating group) is 1. The molecule has 0 aromatic rings. The molecule has 0 heterocycles. The van der Waals surface area contributed by atoms with Crippen LogP contribution in [0.5, 0.6) is 0 Å². The zero-order chi connectivity index (χ0) is 38.6.